The normalized spacial score (nSPS) is 15.5. The Balaban J connectivity index is 1.80. The van der Waals surface area contributed by atoms with E-state index in [1.165, 1.54) is 29.0 Å². The van der Waals surface area contributed by atoms with Crippen LogP contribution >= 0.6 is 11.3 Å². The molecule has 0 radical (unpaired) electrons. The van der Waals surface area contributed by atoms with E-state index in [0.717, 1.165) is 17.0 Å². The van der Waals surface area contributed by atoms with E-state index in [1.54, 1.807) is 18.4 Å². The van der Waals surface area contributed by atoms with Crippen LogP contribution in [0.4, 0.5) is 0 Å². The third-order valence-electron chi connectivity index (χ3n) is 3.53. The summed E-state index contributed by atoms with van der Waals surface area (Å²) in [5.74, 6) is 0. The lowest BCUT2D eigenvalue weighted by atomic mass is 10.1. The van der Waals surface area contributed by atoms with Gasteiger partial charge in [-0.2, -0.15) is 0 Å². The molecular weight excluding hydrogens is 256 g/mol. The molecule has 0 spiro atoms. The average Bonchev–Trinajstić information content (AvgIpc) is 3.00. The maximum absolute atomic E-state index is 6.32. The fraction of sp³-hybridized carbons (Fsp3) is 0.400. The number of aryl methyl sites for hydroxylation is 2. The predicted octanol–water partition coefficient (Wildman–Crippen LogP) is 2.83. The van der Waals surface area contributed by atoms with Crippen LogP contribution in [0.25, 0.3) is 0 Å². The zero-order valence-corrected chi connectivity index (χ0v) is 11.9. The van der Waals surface area contributed by atoms with Crippen LogP contribution in [0.3, 0.4) is 0 Å². The van der Waals surface area contributed by atoms with E-state index >= 15 is 0 Å². The van der Waals surface area contributed by atoms with Crippen LogP contribution in [0, 0.1) is 0 Å². The van der Waals surface area contributed by atoms with Crippen LogP contribution in [0.15, 0.2) is 24.3 Å². The van der Waals surface area contributed by atoms with Gasteiger partial charge in [-0.25, -0.2) is 4.98 Å². The second kappa shape index (κ2) is 5.41. The molecule has 1 aromatic carbocycles. The zero-order valence-electron chi connectivity index (χ0n) is 11.1. The van der Waals surface area contributed by atoms with E-state index in [4.69, 9.17) is 15.5 Å². The van der Waals surface area contributed by atoms with Gasteiger partial charge in [0.15, 0.2) is 0 Å². The molecule has 2 aromatic rings. The molecule has 19 heavy (non-hydrogen) atoms. The Kier molecular flexibility index (Phi) is 3.64. The second-order valence-corrected chi connectivity index (χ2v) is 6.04. The molecule has 2 N–H and O–H groups in total. The molecule has 0 saturated carbocycles. The summed E-state index contributed by atoms with van der Waals surface area (Å²) in [5, 5.41) is 1.05. The minimum absolute atomic E-state index is 0.104. The van der Waals surface area contributed by atoms with E-state index in [1.807, 2.05) is 0 Å². The fourth-order valence-electron chi connectivity index (χ4n) is 2.47. The number of thiazole rings is 1. The number of methoxy groups -OCH3 is 1. The standard InChI is InChI=1S/C15H18N2OS/c1-18-9-10-5-7-11(8-6-10)14(16)15-17-12-3-2-4-13(12)19-15/h5-8,14H,2-4,9,16H2,1H3. The van der Waals surface area contributed by atoms with Crippen molar-refractivity contribution in [3.63, 3.8) is 0 Å². The van der Waals surface area contributed by atoms with Crippen LogP contribution in [-0.4, -0.2) is 12.1 Å². The van der Waals surface area contributed by atoms with Crippen molar-refractivity contribution >= 4 is 11.3 Å². The molecule has 0 fully saturated rings. The number of ether oxygens (including phenoxy) is 1. The molecule has 0 amide bonds. The van der Waals surface area contributed by atoms with Gasteiger partial charge in [-0.3, -0.25) is 0 Å². The lowest BCUT2D eigenvalue weighted by Crippen LogP contribution is -2.11. The molecule has 1 aliphatic carbocycles. The van der Waals surface area contributed by atoms with Gasteiger partial charge in [0, 0.05) is 12.0 Å². The quantitative estimate of drug-likeness (QED) is 0.932. The molecule has 3 rings (SSSR count). The molecule has 0 saturated heterocycles. The summed E-state index contributed by atoms with van der Waals surface area (Å²) < 4.78 is 5.11. The molecule has 1 heterocycles. The van der Waals surface area contributed by atoms with Crippen LogP contribution < -0.4 is 5.73 Å². The largest absolute Gasteiger partial charge is 0.380 e. The van der Waals surface area contributed by atoms with Gasteiger partial charge in [0.25, 0.3) is 0 Å². The first-order chi connectivity index (χ1) is 9.28. The van der Waals surface area contributed by atoms with E-state index in [9.17, 15) is 0 Å². The fourth-order valence-corrected chi connectivity index (χ4v) is 3.66. The maximum atomic E-state index is 6.32. The summed E-state index contributed by atoms with van der Waals surface area (Å²) in [6.45, 7) is 0.640. The van der Waals surface area contributed by atoms with Crippen molar-refractivity contribution in [2.45, 2.75) is 31.9 Å². The Hall–Kier alpha value is -1.23. The summed E-state index contributed by atoms with van der Waals surface area (Å²) in [4.78, 5) is 6.13. The van der Waals surface area contributed by atoms with Crippen molar-refractivity contribution in [3.8, 4) is 0 Å². The van der Waals surface area contributed by atoms with Gasteiger partial charge < -0.3 is 10.5 Å². The number of hydrogen-bond acceptors (Lipinski definition) is 4. The number of fused-ring (bicyclic) bond motifs is 1. The van der Waals surface area contributed by atoms with Crippen molar-refractivity contribution in [2.75, 3.05) is 7.11 Å². The Bertz CT molecular complexity index is 541. The van der Waals surface area contributed by atoms with Crippen LogP contribution in [0.5, 0.6) is 0 Å². The van der Waals surface area contributed by atoms with Gasteiger partial charge in [0.2, 0.25) is 0 Å². The SMILES string of the molecule is COCc1ccc(C(N)c2nc3c(s2)CCC3)cc1. The molecule has 4 heteroatoms. The molecule has 100 valence electrons. The Morgan fingerprint density at radius 1 is 1.32 bits per heavy atom. The molecule has 1 aliphatic rings. The third kappa shape index (κ3) is 2.56. The minimum atomic E-state index is -0.104. The van der Waals surface area contributed by atoms with E-state index in [2.05, 4.69) is 24.3 Å². The summed E-state index contributed by atoms with van der Waals surface area (Å²) in [7, 11) is 1.71. The van der Waals surface area contributed by atoms with Crippen molar-refractivity contribution in [2.24, 2.45) is 5.73 Å². The summed E-state index contributed by atoms with van der Waals surface area (Å²) in [6.07, 6.45) is 3.53. The van der Waals surface area contributed by atoms with E-state index in [0.29, 0.717) is 6.61 Å². The monoisotopic (exact) mass is 274 g/mol. The average molecular weight is 274 g/mol. The summed E-state index contributed by atoms with van der Waals surface area (Å²) in [6, 6.07) is 8.18. The first kappa shape index (κ1) is 12.8. The van der Waals surface area contributed by atoms with Crippen molar-refractivity contribution in [3.05, 3.63) is 51.0 Å². The summed E-state index contributed by atoms with van der Waals surface area (Å²) in [5.41, 5.74) is 9.87. The van der Waals surface area contributed by atoms with Gasteiger partial charge in [0.1, 0.15) is 5.01 Å². The Morgan fingerprint density at radius 2 is 2.11 bits per heavy atom. The van der Waals surface area contributed by atoms with E-state index in [-0.39, 0.29) is 6.04 Å². The highest BCUT2D eigenvalue weighted by molar-refractivity contribution is 7.11. The second-order valence-electron chi connectivity index (χ2n) is 4.93. The van der Waals surface area contributed by atoms with Gasteiger partial charge in [-0.15, -0.1) is 11.3 Å². The molecule has 0 aliphatic heterocycles. The number of nitrogens with zero attached hydrogens (tertiary/aromatic N) is 1. The highest BCUT2D eigenvalue weighted by atomic mass is 32.1. The van der Waals surface area contributed by atoms with Gasteiger partial charge >= 0.3 is 0 Å². The number of aromatic nitrogens is 1. The van der Waals surface area contributed by atoms with E-state index < -0.39 is 0 Å². The maximum Gasteiger partial charge on any atom is 0.114 e. The first-order valence-corrected chi connectivity index (χ1v) is 7.41. The number of nitrogens with two attached hydrogens (primary N) is 1. The molecule has 1 atom stereocenters. The zero-order chi connectivity index (χ0) is 13.2. The lowest BCUT2D eigenvalue weighted by molar-refractivity contribution is 0.185. The van der Waals surface area contributed by atoms with Crippen LogP contribution in [-0.2, 0) is 24.2 Å². The first-order valence-electron chi connectivity index (χ1n) is 6.60. The topological polar surface area (TPSA) is 48.1 Å². The highest BCUT2D eigenvalue weighted by Crippen LogP contribution is 2.32. The minimum Gasteiger partial charge on any atom is -0.380 e. The van der Waals surface area contributed by atoms with Crippen LogP contribution in [0.1, 0.15) is 39.2 Å². The smallest absolute Gasteiger partial charge is 0.114 e. The number of rotatable bonds is 4. The lowest BCUT2D eigenvalue weighted by Gasteiger charge is -2.10. The molecule has 3 nitrogen and oxygen atoms in total. The Labute approximate surface area is 117 Å². The van der Waals surface area contributed by atoms with Crippen molar-refractivity contribution < 1.29 is 4.74 Å². The molecule has 1 unspecified atom stereocenters. The third-order valence-corrected chi connectivity index (χ3v) is 4.77. The molecular formula is C15H18N2OS. The van der Waals surface area contributed by atoms with Gasteiger partial charge in [-0.1, -0.05) is 24.3 Å². The predicted molar refractivity (Wildman–Crippen MR) is 77.3 cm³/mol. The highest BCUT2D eigenvalue weighted by Gasteiger charge is 2.20. The number of hydrogen-bond donors (Lipinski definition) is 1. The van der Waals surface area contributed by atoms with Gasteiger partial charge in [0.05, 0.1) is 18.3 Å². The van der Waals surface area contributed by atoms with Crippen molar-refractivity contribution in [1.29, 1.82) is 0 Å². The van der Waals surface area contributed by atoms with Gasteiger partial charge in [-0.05, 0) is 30.4 Å². The number of benzene rings is 1. The summed E-state index contributed by atoms with van der Waals surface area (Å²) >= 11 is 1.78. The van der Waals surface area contributed by atoms with Crippen molar-refractivity contribution in [1.82, 2.24) is 4.98 Å². The Morgan fingerprint density at radius 3 is 2.79 bits per heavy atom. The van der Waals surface area contributed by atoms with Crippen LogP contribution in [0.2, 0.25) is 0 Å². The molecule has 0 bridgehead atoms. The molecule has 1 aromatic heterocycles.